The molecule has 0 aromatic heterocycles. The van der Waals surface area contributed by atoms with Crippen LogP contribution in [0.1, 0.15) is 52.9 Å². The minimum Gasteiger partial charge on any atom is -0.396 e. The molecule has 0 aliphatic heterocycles. The topological polar surface area (TPSA) is 75.4 Å². The molecule has 1 amide bonds. The number of carbonyl (C=O) groups is 1. The molecule has 3 atom stereocenters. The molecule has 0 saturated heterocycles. The lowest BCUT2D eigenvalue weighted by Gasteiger charge is -2.17. The molecule has 0 fully saturated rings. The molecule has 4 N–H and O–H groups in total. The van der Waals surface area contributed by atoms with Crippen molar-refractivity contribution in [1.29, 1.82) is 0 Å². The molecule has 4 nitrogen and oxygen atoms in total. The summed E-state index contributed by atoms with van der Waals surface area (Å²) in [4.78, 5) is 11.8. The van der Waals surface area contributed by atoms with Gasteiger partial charge in [0.15, 0.2) is 0 Å². The summed E-state index contributed by atoms with van der Waals surface area (Å²) < 4.78 is 0. The van der Waals surface area contributed by atoms with Crippen molar-refractivity contribution in [3.8, 4) is 0 Å². The Morgan fingerprint density at radius 3 is 2.35 bits per heavy atom. The summed E-state index contributed by atoms with van der Waals surface area (Å²) in [6.07, 6.45) is 4.42. The van der Waals surface area contributed by atoms with Crippen LogP contribution in [-0.4, -0.2) is 29.7 Å². The van der Waals surface area contributed by atoms with Gasteiger partial charge in [0, 0.05) is 24.6 Å². The largest absolute Gasteiger partial charge is 0.396 e. The Bertz CT molecular complexity index is 208. The minimum absolute atomic E-state index is 0.0466. The molecule has 0 rings (SSSR count). The molecule has 0 spiro atoms. The van der Waals surface area contributed by atoms with Gasteiger partial charge < -0.3 is 16.2 Å². The quantitative estimate of drug-likeness (QED) is 0.574. The first-order valence-electron chi connectivity index (χ1n) is 6.64. The van der Waals surface area contributed by atoms with Crippen molar-refractivity contribution in [3.05, 3.63) is 0 Å². The van der Waals surface area contributed by atoms with Gasteiger partial charge in [-0.15, -0.1) is 0 Å². The van der Waals surface area contributed by atoms with Crippen molar-refractivity contribution >= 4 is 5.91 Å². The molecular formula is C13H28N2O2. The average Bonchev–Trinajstić information content (AvgIpc) is 2.25. The first-order chi connectivity index (χ1) is 7.97. The molecule has 17 heavy (non-hydrogen) atoms. The molecule has 0 aromatic rings. The Kier molecular flexibility index (Phi) is 9.09. The summed E-state index contributed by atoms with van der Waals surface area (Å²) in [6.45, 7) is 6.10. The number of aliphatic hydroxyl groups is 1. The third-order valence-corrected chi connectivity index (χ3v) is 2.93. The number of hydrogen-bond donors (Lipinski definition) is 3. The number of hydrogen-bond acceptors (Lipinski definition) is 3. The maximum absolute atomic E-state index is 11.8. The second kappa shape index (κ2) is 9.42. The molecule has 0 bridgehead atoms. The van der Waals surface area contributed by atoms with Crippen LogP contribution in [-0.2, 0) is 4.79 Å². The third kappa shape index (κ3) is 9.12. The first kappa shape index (κ1) is 16.4. The molecule has 3 unspecified atom stereocenters. The first-order valence-corrected chi connectivity index (χ1v) is 6.64. The molecule has 0 aromatic carbocycles. The zero-order chi connectivity index (χ0) is 13.3. The van der Waals surface area contributed by atoms with E-state index >= 15 is 0 Å². The van der Waals surface area contributed by atoms with E-state index in [-0.39, 0.29) is 30.5 Å². The fraction of sp³-hybridized carbons (Fsp3) is 0.923. The van der Waals surface area contributed by atoms with Crippen molar-refractivity contribution in [2.45, 2.75) is 65.0 Å². The normalized spacial score (nSPS) is 16.3. The van der Waals surface area contributed by atoms with Crippen LogP contribution in [0.4, 0.5) is 0 Å². The fourth-order valence-corrected chi connectivity index (χ4v) is 1.73. The van der Waals surface area contributed by atoms with Crippen LogP contribution in [0.15, 0.2) is 0 Å². The highest BCUT2D eigenvalue weighted by Crippen LogP contribution is 2.10. The van der Waals surface area contributed by atoms with Crippen LogP contribution in [0.25, 0.3) is 0 Å². The van der Waals surface area contributed by atoms with E-state index < -0.39 is 0 Å². The van der Waals surface area contributed by atoms with E-state index in [1.165, 1.54) is 0 Å². The third-order valence-electron chi connectivity index (χ3n) is 2.93. The number of rotatable bonds is 9. The number of carbonyl (C=O) groups excluding carboxylic acids is 1. The Labute approximate surface area is 105 Å². The Morgan fingerprint density at radius 2 is 1.82 bits per heavy atom. The summed E-state index contributed by atoms with van der Waals surface area (Å²) in [5.41, 5.74) is 5.67. The van der Waals surface area contributed by atoms with Crippen molar-refractivity contribution in [2.24, 2.45) is 11.7 Å². The van der Waals surface area contributed by atoms with E-state index in [4.69, 9.17) is 10.8 Å². The smallest absolute Gasteiger partial charge is 0.223 e. The van der Waals surface area contributed by atoms with Crippen molar-refractivity contribution in [1.82, 2.24) is 5.32 Å². The predicted molar refractivity (Wildman–Crippen MR) is 70.6 cm³/mol. The van der Waals surface area contributed by atoms with E-state index in [9.17, 15) is 4.79 Å². The number of aliphatic hydroxyl groups excluding tert-OH is 1. The molecule has 0 heterocycles. The van der Waals surface area contributed by atoms with E-state index in [1.807, 2.05) is 20.8 Å². The van der Waals surface area contributed by atoms with Gasteiger partial charge in [0.25, 0.3) is 0 Å². The summed E-state index contributed by atoms with van der Waals surface area (Å²) in [5, 5.41) is 11.7. The SMILES string of the molecule is CC(N)CCCC(C)C(=O)NC(C)CCCO. The number of nitrogens with one attached hydrogen (secondary N) is 1. The molecule has 0 radical (unpaired) electrons. The van der Waals surface area contributed by atoms with Gasteiger partial charge in [0.05, 0.1) is 0 Å². The Balaban J connectivity index is 3.73. The summed E-state index contributed by atoms with van der Waals surface area (Å²) >= 11 is 0. The lowest BCUT2D eigenvalue weighted by atomic mass is 10.0. The summed E-state index contributed by atoms with van der Waals surface area (Å²) in [7, 11) is 0. The van der Waals surface area contributed by atoms with E-state index in [2.05, 4.69) is 5.32 Å². The zero-order valence-corrected chi connectivity index (χ0v) is 11.4. The number of amides is 1. The van der Waals surface area contributed by atoms with E-state index in [0.717, 1.165) is 32.1 Å². The lowest BCUT2D eigenvalue weighted by molar-refractivity contribution is -0.125. The van der Waals surface area contributed by atoms with Crippen LogP contribution >= 0.6 is 0 Å². The van der Waals surface area contributed by atoms with Gasteiger partial charge in [-0.05, 0) is 39.5 Å². The number of nitrogens with two attached hydrogens (primary N) is 1. The van der Waals surface area contributed by atoms with E-state index in [1.54, 1.807) is 0 Å². The van der Waals surface area contributed by atoms with Gasteiger partial charge >= 0.3 is 0 Å². The van der Waals surface area contributed by atoms with Gasteiger partial charge in [-0.1, -0.05) is 13.3 Å². The Morgan fingerprint density at radius 1 is 1.18 bits per heavy atom. The second-order valence-electron chi connectivity index (χ2n) is 5.08. The van der Waals surface area contributed by atoms with Gasteiger partial charge in [0.2, 0.25) is 5.91 Å². The van der Waals surface area contributed by atoms with Gasteiger partial charge in [-0.3, -0.25) is 4.79 Å². The van der Waals surface area contributed by atoms with E-state index in [0.29, 0.717) is 0 Å². The van der Waals surface area contributed by atoms with Crippen molar-refractivity contribution < 1.29 is 9.90 Å². The summed E-state index contributed by atoms with van der Waals surface area (Å²) in [5.74, 6) is 0.158. The monoisotopic (exact) mass is 244 g/mol. The molecule has 4 heteroatoms. The Hall–Kier alpha value is -0.610. The van der Waals surface area contributed by atoms with Crippen LogP contribution in [0.5, 0.6) is 0 Å². The summed E-state index contributed by atoms with van der Waals surface area (Å²) in [6, 6.07) is 0.360. The fourth-order valence-electron chi connectivity index (χ4n) is 1.73. The molecule has 102 valence electrons. The second-order valence-corrected chi connectivity index (χ2v) is 5.08. The van der Waals surface area contributed by atoms with Gasteiger partial charge in [-0.2, -0.15) is 0 Å². The van der Waals surface area contributed by atoms with Crippen molar-refractivity contribution in [3.63, 3.8) is 0 Å². The molecular weight excluding hydrogens is 216 g/mol. The van der Waals surface area contributed by atoms with Gasteiger partial charge in [-0.25, -0.2) is 0 Å². The van der Waals surface area contributed by atoms with Crippen molar-refractivity contribution in [2.75, 3.05) is 6.61 Å². The highest BCUT2D eigenvalue weighted by atomic mass is 16.2. The predicted octanol–water partition coefficient (Wildman–Crippen LogP) is 1.42. The highest BCUT2D eigenvalue weighted by Gasteiger charge is 2.14. The van der Waals surface area contributed by atoms with Crippen LogP contribution in [0.3, 0.4) is 0 Å². The molecule has 0 aliphatic rings. The standard InChI is InChI=1S/C13H28N2O2/c1-10(6-4-7-11(2)14)13(17)15-12(3)8-5-9-16/h10-12,16H,4-9,14H2,1-3H3,(H,15,17). The maximum Gasteiger partial charge on any atom is 0.223 e. The molecule has 0 aliphatic carbocycles. The van der Waals surface area contributed by atoms with Crippen LogP contribution in [0.2, 0.25) is 0 Å². The van der Waals surface area contributed by atoms with Crippen LogP contribution in [0, 0.1) is 5.92 Å². The van der Waals surface area contributed by atoms with Gasteiger partial charge in [0.1, 0.15) is 0 Å². The average molecular weight is 244 g/mol. The van der Waals surface area contributed by atoms with Crippen LogP contribution < -0.4 is 11.1 Å². The molecule has 0 saturated carbocycles. The lowest BCUT2D eigenvalue weighted by Crippen LogP contribution is -2.36. The minimum atomic E-state index is 0.0466. The highest BCUT2D eigenvalue weighted by molar-refractivity contribution is 5.78. The zero-order valence-electron chi connectivity index (χ0n) is 11.4. The maximum atomic E-state index is 11.8.